The van der Waals surface area contributed by atoms with Gasteiger partial charge in [-0.15, -0.1) is 0 Å². The number of nitrogens with zero attached hydrogens (tertiary/aromatic N) is 1. The molecule has 142 valence electrons. The second kappa shape index (κ2) is 6.79. The number of amides is 1. The summed E-state index contributed by atoms with van der Waals surface area (Å²) in [5, 5.41) is 0. The molecule has 2 heterocycles. The third-order valence-electron chi connectivity index (χ3n) is 4.99. The second-order valence-electron chi connectivity index (χ2n) is 6.76. The van der Waals surface area contributed by atoms with E-state index in [1.165, 1.54) is 6.07 Å². The van der Waals surface area contributed by atoms with Gasteiger partial charge in [0.15, 0.2) is 0 Å². The molecule has 0 aromatic heterocycles. The van der Waals surface area contributed by atoms with Crippen LogP contribution in [0.1, 0.15) is 35.6 Å². The molecule has 4 rings (SSSR count). The summed E-state index contributed by atoms with van der Waals surface area (Å²) in [6.07, 6.45) is -3.97. The monoisotopic (exact) mass is 377 g/mol. The Balaban J connectivity index is 1.54. The van der Waals surface area contributed by atoms with Crippen molar-refractivity contribution in [1.29, 1.82) is 0 Å². The Morgan fingerprint density at radius 1 is 1.19 bits per heavy atom. The van der Waals surface area contributed by atoms with Crippen LogP contribution in [0.25, 0.3) is 0 Å². The molecule has 0 radical (unpaired) electrons. The number of hydrogen-bond acceptors (Lipinski definition) is 3. The van der Waals surface area contributed by atoms with Crippen LogP contribution in [0.4, 0.5) is 18.0 Å². The van der Waals surface area contributed by atoms with Crippen LogP contribution in [0.15, 0.2) is 48.5 Å². The molecular formula is C20H18F3NO3. The molecule has 27 heavy (non-hydrogen) atoms. The molecule has 2 unspecified atom stereocenters. The van der Waals surface area contributed by atoms with E-state index in [1.54, 1.807) is 4.90 Å². The first-order valence-corrected chi connectivity index (χ1v) is 8.77. The van der Waals surface area contributed by atoms with Crippen LogP contribution in [-0.2, 0) is 17.5 Å². The lowest BCUT2D eigenvalue weighted by atomic mass is 9.89. The topological polar surface area (TPSA) is 38.8 Å². The number of rotatable bonds is 2. The number of halogens is 3. The molecule has 4 nitrogen and oxygen atoms in total. The standard InChI is InChI=1S/C20H18F3NO3/c21-20(22,23)14-6-7-16-17-11-15(27-18(16)10-14)8-9-24(17)19(25)26-12-13-4-2-1-3-5-13/h1-7,10,15,17H,8-9,11-12H2. The molecule has 2 aliphatic heterocycles. The number of fused-ring (bicyclic) bond motifs is 4. The molecule has 2 bridgehead atoms. The van der Waals surface area contributed by atoms with Crippen LogP contribution < -0.4 is 4.74 Å². The first-order chi connectivity index (χ1) is 12.9. The SMILES string of the molecule is O=C(OCc1ccccc1)N1CCC2CC1c1ccc(C(F)(F)F)cc1O2. The van der Waals surface area contributed by atoms with Gasteiger partial charge in [-0.2, -0.15) is 13.2 Å². The molecule has 0 spiro atoms. The van der Waals surface area contributed by atoms with E-state index in [0.29, 0.717) is 24.9 Å². The molecule has 0 aliphatic carbocycles. The molecule has 1 fully saturated rings. The van der Waals surface area contributed by atoms with Gasteiger partial charge in [0, 0.05) is 24.9 Å². The van der Waals surface area contributed by atoms with Crippen LogP contribution in [-0.4, -0.2) is 23.6 Å². The summed E-state index contributed by atoms with van der Waals surface area (Å²) in [4.78, 5) is 14.2. The molecule has 2 atom stereocenters. The Kier molecular flexibility index (Phi) is 4.45. The summed E-state index contributed by atoms with van der Waals surface area (Å²) in [7, 11) is 0. The lowest BCUT2D eigenvalue weighted by molar-refractivity contribution is -0.137. The molecular weight excluding hydrogens is 359 g/mol. The average molecular weight is 377 g/mol. The lowest BCUT2D eigenvalue weighted by Crippen LogP contribution is -2.46. The zero-order valence-electron chi connectivity index (χ0n) is 14.4. The van der Waals surface area contributed by atoms with Crippen LogP contribution in [0, 0.1) is 0 Å². The fourth-order valence-electron chi connectivity index (χ4n) is 3.62. The Bertz CT molecular complexity index is 838. The minimum absolute atomic E-state index is 0.155. The first-order valence-electron chi connectivity index (χ1n) is 8.77. The van der Waals surface area contributed by atoms with Crippen LogP contribution in [0.3, 0.4) is 0 Å². The number of benzene rings is 2. The van der Waals surface area contributed by atoms with Gasteiger partial charge in [-0.05, 0) is 17.7 Å². The van der Waals surface area contributed by atoms with E-state index in [-0.39, 0.29) is 24.5 Å². The largest absolute Gasteiger partial charge is 0.490 e. The van der Waals surface area contributed by atoms with Gasteiger partial charge in [0.25, 0.3) is 0 Å². The van der Waals surface area contributed by atoms with E-state index in [0.717, 1.165) is 17.7 Å². The molecule has 7 heteroatoms. The van der Waals surface area contributed by atoms with E-state index in [2.05, 4.69) is 0 Å². The predicted octanol–water partition coefficient (Wildman–Crippen LogP) is 4.94. The summed E-state index contributed by atoms with van der Waals surface area (Å²) in [5.74, 6) is 0.201. The first kappa shape index (κ1) is 17.7. The maximum Gasteiger partial charge on any atom is 0.416 e. The fourth-order valence-corrected chi connectivity index (χ4v) is 3.62. The van der Waals surface area contributed by atoms with Gasteiger partial charge in [0.05, 0.1) is 11.6 Å². The van der Waals surface area contributed by atoms with Gasteiger partial charge >= 0.3 is 12.3 Å². The summed E-state index contributed by atoms with van der Waals surface area (Å²) in [5.41, 5.74) is 0.720. The van der Waals surface area contributed by atoms with Crippen molar-refractivity contribution in [2.24, 2.45) is 0 Å². The van der Waals surface area contributed by atoms with Crippen molar-refractivity contribution in [3.05, 3.63) is 65.2 Å². The normalized spacial score (nSPS) is 21.2. The highest BCUT2D eigenvalue weighted by molar-refractivity contribution is 5.69. The molecule has 2 aliphatic rings. The number of likely N-dealkylation sites (tertiary alicyclic amines) is 1. The van der Waals surface area contributed by atoms with Crippen molar-refractivity contribution < 1.29 is 27.4 Å². The highest BCUT2D eigenvalue weighted by atomic mass is 19.4. The summed E-state index contributed by atoms with van der Waals surface area (Å²) >= 11 is 0. The van der Waals surface area contributed by atoms with E-state index in [9.17, 15) is 18.0 Å². The molecule has 0 N–H and O–H groups in total. The van der Waals surface area contributed by atoms with E-state index in [1.807, 2.05) is 30.3 Å². The van der Waals surface area contributed by atoms with E-state index < -0.39 is 17.8 Å². The fraction of sp³-hybridized carbons (Fsp3) is 0.350. The number of hydrogen-bond donors (Lipinski definition) is 0. The zero-order valence-corrected chi connectivity index (χ0v) is 14.4. The van der Waals surface area contributed by atoms with Crippen molar-refractivity contribution in [1.82, 2.24) is 4.90 Å². The summed E-state index contributed by atoms with van der Waals surface area (Å²) in [6, 6.07) is 12.5. The van der Waals surface area contributed by atoms with E-state index in [4.69, 9.17) is 9.47 Å². The highest BCUT2D eigenvalue weighted by Gasteiger charge is 2.41. The Morgan fingerprint density at radius 2 is 1.96 bits per heavy atom. The van der Waals surface area contributed by atoms with Crippen molar-refractivity contribution in [2.75, 3.05) is 6.54 Å². The molecule has 1 saturated heterocycles. The molecule has 1 amide bonds. The lowest BCUT2D eigenvalue weighted by Gasteiger charge is -2.43. The van der Waals surface area contributed by atoms with Crippen molar-refractivity contribution in [3.8, 4) is 5.75 Å². The number of alkyl halides is 3. The van der Waals surface area contributed by atoms with Crippen LogP contribution >= 0.6 is 0 Å². The van der Waals surface area contributed by atoms with Gasteiger partial charge < -0.3 is 14.4 Å². The van der Waals surface area contributed by atoms with Gasteiger partial charge in [0.1, 0.15) is 18.5 Å². The van der Waals surface area contributed by atoms with Crippen molar-refractivity contribution in [3.63, 3.8) is 0 Å². The van der Waals surface area contributed by atoms with Crippen LogP contribution in [0.5, 0.6) is 5.75 Å². The predicted molar refractivity (Wildman–Crippen MR) is 91.2 cm³/mol. The maximum atomic E-state index is 13.0. The molecule has 2 aromatic rings. The highest BCUT2D eigenvalue weighted by Crippen LogP contribution is 2.44. The van der Waals surface area contributed by atoms with Gasteiger partial charge in [0.2, 0.25) is 0 Å². The smallest absolute Gasteiger partial charge is 0.416 e. The van der Waals surface area contributed by atoms with E-state index >= 15 is 0 Å². The maximum absolute atomic E-state index is 13.0. The minimum atomic E-state index is -4.43. The number of ether oxygens (including phenoxy) is 2. The van der Waals surface area contributed by atoms with Gasteiger partial charge in [-0.1, -0.05) is 36.4 Å². The number of carbonyl (C=O) groups is 1. The Labute approximate surface area is 154 Å². The Morgan fingerprint density at radius 3 is 2.70 bits per heavy atom. The number of piperidine rings is 1. The molecule has 2 aromatic carbocycles. The number of carbonyl (C=O) groups excluding carboxylic acids is 1. The van der Waals surface area contributed by atoms with Crippen LogP contribution in [0.2, 0.25) is 0 Å². The zero-order chi connectivity index (χ0) is 19.0. The second-order valence-corrected chi connectivity index (χ2v) is 6.76. The van der Waals surface area contributed by atoms with Gasteiger partial charge in [-0.25, -0.2) is 4.79 Å². The quantitative estimate of drug-likeness (QED) is 0.744. The summed E-state index contributed by atoms with van der Waals surface area (Å²) in [6.45, 7) is 0.603. The minimum Gasteiger partial charge on any atom is -0.490 e. The third-order valence-corrected chi connectivity index (χ3v) is 4.99. The van der Waals surface area contributed by atoms with Gasteiger partial charge in [-0.3, -0.25) is 0 Å². The van der Waals surface area contributed by atoms with Crippen molar-refractivity contribution in [2.45, 2.75) is 37.8 Å². The van der Waals surface area contributed by atoms with Crippen molar-refractivity contribution >= 4 is 6.09 Å². The third kappa shape index (κ3) is 3.59. The Hall–Kier alpha value is -2.70. The summed E-state index contributed by atoms with van der Waals surface area (Å²) < 4.78 is 50.1. The average Bonchev–Trinajstić information content (AvgIpc) is 2.66. The molecule has 0 saturated carbocycles.